The van der Waals surface area contributed by atoms with Crippen molar-refractivity contribution in [3.8, 4) is 0 Å². The molecule has 4 heteroatoms. The monoisotopic (exact) mass is 336 g/mol. The Balaban J connectivity index is 1.69. The van der Waals surface area contributed by atoms with Gasteiger partial charge in [-0.15, -0.1) is 0 Å². The van der Waals surface area contributed by atoms with Crippen LogP contribution in [0.4, 0.5) is 5.69 Å². The van der Waals surface area contributed by atoms with Gasteiger partial charge in [0.25, 0.3) is 5.91 Å². The average Bonchev–Trinajstić information content (AvgIpc) is 3.40. The van der Waals surface area contributed by atoms with Crippen molar-refractivity contribution in [3.05, 3.63) is 52.4 Å². The molecule has 0 aromatic heterocycles. The van der Waals surface area contributed by atoms with Gasteiger partial charge < -0.3 is 10.6 Å². The predicted molar refractivity (Wildman–Crippen MR) is 97.7 cm³/mol. The van der Waals surface area contributed by atoms with Crippen molar-refractivity contribution >= 4 is 17.4 Å². The van der Waals surface area contributed by atoms with Gasteiger partial charge >= 0.3 is 0 Å². The normalized spacial score (nSPS) is 23.3. The zero-order chi connectivity index (χ0) is 17.6. The summed E-state index contributed by atoms with van der Waals surface area (Å²) >= 11 is 0. The number of aryl methyl sites for hydroxylation is 1. The molecule has 0 saturated heterocycles. The molecule has 0 bridgehead atoms. The molecule has 25 heavy (non-hydrogen) atoms. The molecule has 1 atom stereocenters. The molecule has 1 saturated carbocycles. The zero-order valence-electron chi connectivity index (χ0n) is 14.8. The second-order valence-electron chi connectivity index (χ2n) is 7.42. The molecule has 1 aromatic rings. The lowest BCUT2D eigenvalue weighted by molar-refractivity contribution is -0.116. The number of carbonyl (C=O) groups is 2. The number of rotatable bonds is 3. The highest BCUT2D eigenvalue weighted by Crippen LogP contribution is 2.49. The van der Waals surface area contributed by atoms with E-state index in [9.17, 15) is 9.59 Å². The largest absolute Gasteiger partial charge is 0.362 e. The minimum atomic E-state index is -0.0823. The molecule has 4 nitrogen and oxygen atoms in total. The van der Waals surface area contributed by atoms with Gasteiger partial charge in [-0.05, 0) is 57.1 Å². The maximum Gasteiger partial charge on any atom is 0.253 e. The van der Waals surface area contributed by atoms with Gasteiger partial charge in [0.05, 0.1) is 0 Å². The smallest absolute Gasteiger partial charge is 0.253 e. The van der Waals surface area contributed by atoms with E-state index in [2.05, 4.69) is 10.6 Å². The van der Waals surface area contributed by atoms with Crippen molar-refractivity contribution < 1.29 is 9.59 Å². The molecule has 4 rings (SSSR count). The molecule has 0 spiro atoms. The summed E-state index contributed by atoms with van der Waals surface area (Å²) in [5.74, 6) is 0.537. The highest BCUT2D eigenvalue weighted by Gasteiger charge is 2.45. The minimum absolute atomic E-state index is 0.0342. The highest BCUT2D eigenvalue weighted by atomic mass is 16.2. The van der Waals surface area contributed by atoms with E-state index < -0.39 is 0 Å². The van der Waals surface area contributed by atoms with Gasteiger partial charge in [-0.3, -0.25) is 9.59 Å². The van der Waals surface area contributed by atoms with Gasteiger partial charge in [-0.2, -0.15) is 0 Å². The molecule has 1 heterocycles. The number of carbonyl (C=O) groups excluding carboxylic acids is 2. The standard InChI is InChI=1S/C21H24N2O2/c1-12-6-3-4-7-15(12)23-21(25)18-13(2)22-16-8-5-9-17(24)20(16)19(18)14-10-11-14/h3-4,6-7,14,19,22H,5,8-11H2,1-2H3,(H,23,25). The van der Waals surface area contributed by atoms with Gasteiger partial charge in [-0.1, -0.05) is 18.2 Å². The van der Waals surface area contributed by atoms with E-state index in [1.807, 2.05) is 38.1 Å². The number of allylic oxidation sites excluding steroid dienone is 3. The number of amides is 1. The zero-order valence-corrected chi connectivity index (χ0v) is 14.8. The van der Waals surface area contributed by atoms with E-state index in [1.54, 1.807) is 0 Å². The van der Waals surface area contributed by atoms with Crippen LogP contribution < -0.4 is 10.6 Å². The SMILES string of the molecule is CC1=C(C(=O)Nc2ccccc2C)C(C2CC2)C2=C(CCCC2=O)N1. The van der Waals surface area contributed by atoms with Crippen molar-refractivity contribution in [2.24, 2.45) is 11.8 Å². The molecule has 0 radical (unpaired) electrons. The molecule has 1 amide bonds. The maximum atomic E-state index is 13.1. The van der Waals surface area contributed by atoms with Crippen LogP contribution >= 0.6 is 0 Å². The van der Waals surface area contributed by atoms with E-state index >= 15 is 0 Å². The Bertz CT molecular complexity index is 815. The van der Waals surface area contributed by atoms with Crippen LogP contribution in [0, 0.1) is 18.8 Å². The lowest BCUT2D eigenvalue weighted by atomic mass is 9.76. The third-order valence-electron chi connectivity index (χ3n) is 5.55. The van der Waals surface area contributed by atoms with E-state index in [0.29, 0.717) is 12.3 Å². The van der Waals surface area contributed by atoms with Crippen molar-refractivity contribution in [1.82, 2.24) is 5.32 Å². The maximum absolute atomic E-state index is 13.1. The fourth-order valence-electron chi connectivity index (χ4n) is 4.14. The average molecular weight is 336 g/mol. The first kappa shape index (κ1) is 16.1. The summed E-state index contributed by atoms with van der Waals surface area (Å²) in [4.78, 5) is 25.7. The first-order valence-corrected chi connectivity index (χ1v) is 9.17. The first-order valence-electron chi connectivity index (χ1n) is 9.17. The second-order valence-corrected chi connectivity index (χ2v) is 7.42. The molecule has 2 aliphatic carbocycles. The number of nitrogens with one attached hydrogen (secondary N) is 2. The van der Waals surface area contributed by atoms with Crippen molar-refractivity contribution in [2.45, 2.75) is 46.0 Å². The van der Waals surface area contributed by atoms with Crippen LogP contribution in [0.15, 0.2) is 46.8 Å². The Kier molecular flexibility index (Phi) is 3.98. The molecule has 130 valence electrons. The fraction of sp³-hybridized carbons (Fsp3) is 0.429. The van der Waals surface area contributed by atoms with Gasteiger partial charge in [0.15, 0.2) is 5.78 Å². The van der Waals surface area contributed by atoms with Crippen LogP contribution in [0.1, 0.15) is 44.6 Å². The Morgan fingerprint density at radius 2 is 1.92 bits per heavy atom. The summed E-state index contributed by atoms with van der Waals surface area (Å²) in [6.07, 6.45) is 4.62. The van der Waals surface area contributed by atoms with Crippen molar-refractivity contribution in [3.63, 3.8) is 0 Å². The summed E-state index contributed by atoms with van der Waals surface area (Å²) in [6.45, 7) is 3.95. The quantitative estimate of drug-likeness (QED) is 0.881. The topological polar surface area (TPSA) is 58.2 Å². The summed E-state index contributed by atoms with van der Waals surface area (Å²) < 4.78 is 0. The highest BCUT2D eigenvalue weighted by molar-refractivity contribution is 6.08. The molecular formula is C21H24N2O2. The van der Waals surface area contributed by atoms with Crippen LogP contribution in [0.25, 0.3) is 0 Å². The minimum Gasteiger partial charge on any atom is -0.362 e. The van der Waals surface area contributed by atoms with E-state index in [-0.39, 0.29) is 17.6 Å². The first-order chi connectivity index (χ1) is 12.1. The summed E-state index contributed by atoms with van der Waals surface area (Å²) in [5.41, 5.74) is 5.45. The third-order valence-corrected chi connectivity index (χ3v) is 5.55. The van der Waals surface area contributed by atoms with E-state index in [4.69, 9.17) is 0 Å². The number of para-hydroxylation sites is 1. The molecule has 1 aliphatic heterocycles. The number of anilines is 1. The van der Waals surface area contributed by atoms with E-state index in [0.717, 1.165) is 59.5 Å². The van der Waals surface area contributed by atoms with Crippen LogP contribution in [-0.4, -0.2) is 11.7 Å². The fourth-order valence-corrected chi connectivity index (χ4v) is 4.14. The lowest BCUT2D eigenvalue weighted by Gasteiger charge is -2.34. The molecule has 3 aliphatic rings. The number of ketones is 1. The van der Waals surface area contributed by atoms with E-state index in [1.165, 1.54) is 0 Å². The molecular weight excluding hydrogens is 312 g/mol. The molecule has 1 fully saturated rings. The van der Waals surface area contributed by atoms with Crippen LogP contribution in [0.3, 0.4) is 0 Å². The Hall–Kier alpha value is -2.36. The van der Waals surface area contributed by atoms with Gasteiger partial charge in [0.2, 0.25) is 0 Å². The van der Waals surface area contributed by atoms with Gasteiger partial charge in [-0.25, -0.2) is 0 Å². The number of benzene rings is 1. The Morgan fingerprint density at radius 1 is 1.16 bits per heavy atom. The van der Waals surface area contributed by atoms with Crippen LogP contribution in [-0.2, 0) is 9.59 Å². The summed E-state index contributed by atoms with van der Waals surface area (Å²) in [7, 11) is 0. The van der Waals surface area contributed by atoms with Gasteiger partial charge in [0, 0.05) is 40.6 Å². The van der Waals surface area contributed by atoms with Gasteiger partial charge in [0.1, 0.15) is 0 Å². The number of Topliss-reactive ketones (excluding diaryl/α,β-unsaturated/α-hetero) is 1. The lowest BCUT2D eigenvalue weighted by Crippen LogP contribution is -2.37. The summed E-state index contributed by atoms with van der Waals surface area (Å²) in [5, 5.41) is 6.43. The van der Waals surface area contributed by atoms with Crippen LogP contribution in [0.2, 0.25) is 0 Å². The number of hydrogen-bond donors (Lipinski definition) is 2. The van der Waals surface area contributed by atoms with Crippen molar-refractivity contribution in [1.29, 1.82) is 0 Å². The van der Waals surface area contributed by atoms with Crippen molar-refractivity contribution in [2.75, 3.05) is 5.32 Å². The Labute approximate surface area is 148 Å². The number of dihydropyridines is 1. The summed E-state index contributed by atoms with van der Waals surface area (Å²) in [6, 6.07) is 7.79. The van der Waals surface area contributed by atoms with Crippen LogP contribution in [0.5, 0.6) is 0 Å². The molecule has 2 N–H and O–H groups in total. The second kappa shape index (κ2) is 6.17. The molecule has 1 unspecified atom stereocenters. The number of hydrogen-bond acceptors (Lipinski definition) is 3. The molecule has 1 aromatic carbocycles. The Morgan fingerprint density at radius 3 is 2.64 bits per heavy atom. The predicted octanol–water partition coefficient (Wildman–Crippen LogP) is 3.84. The third kappa shape index (κ3) is 2.90.